The number of nitrogens with one attached hydrogen (secondary N) is 1. The van der Waals surface area contributed by atoms with Crippen LogP contribution < -0.4 is 10.2 Å². The normalized spacial score (nSPS) is 15.6. The molecule has 0 atom stereocenters. The van der Waals surface area contributed by atoms with Gasteiger partial charge >= 0.3 is 0 Å². The monoisotopic (exact) mass is 548 g/mol. The fourth-order valence-electron chi connectivity index (χ4n) is 7.08. The van der Waals surface area contributed by atoms with Gasteiger partial charge in [0.2, 0.25) is 0 Å². The van der Waals surface area contributed by atoms with Crippen LogP contribution in [0.4, 0.5) is 28.4 Å². The lowest BCUT2D eigenvalue weighted by Gasteiger charge is -2.38. The van der Waals surface area contributed by atoms with E-state index in [1.54, 1.807) is 0 Å². The molecule has 0 spiro atoms. The lowest BCUT2D eigenvalue weighted by Crippen LogP contribution is -2.27. The summed E-state index contributed by atoms with van der Waals surface area (Å²) in [6.07, 6.45) is 0. The lowest BCUT2D eigenvalue weighted by atomic mass is 9.72. The van der Waals surface area contributed by atoms with Crippen LogP contribution in [0.25, 0.3) is 11.1 Å². The van der Waals surface area contributed by atoms with E-state index in [0.29, 0.717) is 0 Å². The summed E-state index contributed by atoms with van der Waals surface area (Å²) in [5.41, 5.74) is 15.3. The highest BCUT2D eigenvalue weighted by molar-refractivity contribution is 5.87. The van der Waals surface area contributed by atoms with Crippen molar-refractivity contribution >= 4 is 28.4 Å². The summed E-state index contributed by atoms with van der Waals surface area (Å²) in [6, 6.07) is 40.5. The quantitative estimate of drug-likeness (QED) is 0.241. The summed E-state index contributed by atoms with van der Waals surface area (Å²) >= 11 is 0. The molecule has 2 nitrogen and oxygen atoms in total. The minimum Gasteiger partial charge on any atom is -0.355 e. The summed E-state index contributed by atoms with van der Waals surface area (Å²) in [7, 11) is 0. The molecule has 0 bridgehead atoms. The average Bonchev–Trinajstić information content (AvgIpc) is 3.20. The van der Waals surface area contributed by atoms with Crippen molar-refractivity contribution in [1.82, 2.24) is 0 Å². The number of fused-ring (bicyclic) bond motifs is 5. The third kappa shape index (κ3) is 4.00. The molecule has 2 aliphatic rings. The zero-order valence-corrected chi connectivity index (χ0v) is 25.8. The number of benzene rings is 5. The second kappa shape index (κ2) is 9.10. The van der Waals surface area contributed by atoms with E-state index < -0.39 is 0 Å². The van der Waals surface area contributed by atoms with Crippen LogP contribution in [0.2, 0.25) is 0 Å². The number of rotatable bonds is 3. The Balaban J connectivity index is 1.37. The third-order valence-electron chi connectivity index (χ3n) is 9.60. The van der Waals surface area contributed by atoms with Crippen LogP contribution in [0.1, 0.15) is 76.3 Å². The second-order valence-corrected chi connectivity index (χ2v) is 14.1. The minimum absolute atomic E-state index is 0.0550. The van der Waals surface area contributed by atoms with Crippen LogP contribution in [0.3, 0.4) is 0 Å². The van der Waals surface area contributed by atoms with Crippen molar-refractivity contribution in [2.24, 2.45) is 0 Å². The molecule has 0 aromatic heterocycles. The standard InChI is InChI=1S/C40H40N2/c1-38(2,3)26-17-21-36-34(23-26)40(6,7)35-25-29(19-22-37(35)41-36)42(27-13-9-8-10-14-27)28-18-20-31-30-15-11-12-16-32(30)39(4,5)33(31)24-28/h8-25,41H,1-7H3. The van der Waals surface area contributed by atoms with Crippen molar-refractivity contribution in [3.8, 4) is 11.1 Å². The van der Waals surface area contributed by atoms with Gasteiger partial charge in [0.05, 0.1) is 0 Å². The molecule has 1 heterocycles. The van der Waals surface area contributed by atoms with Crippen LogP contribution >= 0.6 is 0 Å². The number of hydrogen-bond acceptors (Lipinski definition) is 2. The molecule has 5 aromatic rings. The maximum Gasteiger partial charge on any atom is 0.0466 e. The fourth-order valence-corrected chi connectivity index (χ4v) is 7.08. The Morgan fingerprint density at radius 1 is 0.500 bits per heavy atom. The average molecular weight is 549 g/mol. The van der Waals surface area contributed by atoms with Crippen molar-refractivity contribution in [2.45, 2.75) is 64.7 Å². The zero-order chi connectivity index (χ0) is 29.4. The highest BCUT2D eigenvalue weighted by atomic mass is 15.1. The molecule has 0 fully saturated rings. The summed E-state index contributed by atoms with van der Waals surface area (Å²) in [5.74, 6) is 0. The Labute approximate surface area is 251 Å². The molecule has 0 amide bonds. The highest BCUT2D eigenvalue weighted by Crippen LogP contribution is 2.52. The minimum atomic E-state index is -0.156. The fraction of sp³-hybridized carbons (Fsp3) is 0.250. The predicted octanol–water partition coefficient (Wildman–Crippen LogP) is 11.1. The molecule has 1 aliphatic carbocycles. The first kappa shape index (κ1) is 26.6. The SMILES string of the molecule is CC(C)(C)c1ccc2c(c1)C(C)(C)c1cc(N(c3ccccc3)c3ccc4c(c3)C(C)(C)c3ccccc3-4)ccc1N2. The van der Waals surface area contributed by atoms with Gasteiger partial charge in [0.1, 0.15) is 0 Å². The van der Waals surface area contributed by atoms with Crippen molar-refractivity contribution in [2.75, 3.05) is 10.2 Å². The molecule has 2 heteroatoms. The zero-order valence-electron chi connectivity index (χ0n) is 25.8. The van der Waals surface area contributed by atoms with Gasteiger partial charge < -0.3 is 10.2 Å². The van der Waals surface area contributed by atoms with Gasteiger partial charge in [-0.15, -0.1) is 0 Å². The van der Waals surface area contributed by atoms with E-state index in [2.05, 4.69) is 168 Å². The van der Waals surface area contributed by atoms with Gasteiger partial charge in [-0.05, 0) is 92.9 Å². The first-order chi connectivity index (χ1) is 20.0. The molecular weight excluding hydrogens is 508 g/mol. The Morgan fingerprint density at radius 2 is 1.05 bits per heavy atom. The van der Waals surface area contributed by atoms with Crippen LogP contribution in [-0.2, 0) is 16.2 Å². The molecule has 0 saturated carbocycles. The molecule has 0 unspecified atom stereocenters. The van der Waals surface area contributed by atoms with Gasteiger partial charge in [-0.25, -0.2) is 0 Å². The Kier molecular flexibility index (Phi) is 5.76. The molecule has 0 radical (unpaired) electrons. The number of para-hydroxylation sites is 1. The first-order valence-corrected chi connectivity index (χ1v) is 15.1. The summed E-state index contributed by atoms with van der Waals surface area (Å²) < 4.78 is 0. The molecular formula is C40H40N2. The van der Waals surface area contributed by atoms with Crippen LogP contribution in [-0.4, -0.2) is 0 Å². The predicted molar refractivity (Wildman–Crippen MR) is 179 cm³/mol. The van der Waals surface area contributed by atoms with E-state index in [1.165, 1.54) is 61.7 Å². The molecule has 210 valence electrons. The van der Waals surface area contributed by atoms with Gasteiger partial charge in [0.25, 0.3) is 0 Å². The molecule has 42 heavy (non-hydrogen) atoms. The van der Waals surface area contributed by atoms with Gasteiger partial charge in [-0.1, -0.05) is 109 Å². The van der Waals surface area contributed by atoms with Crippen molar-refractivity contribution in [3.63, 3.8) is 0 Å². The van der Waals surface area contributed by atoms with Gasteiger partial charge in [0.15, 0.2) is 0 Å². The van der Waals surface area contributed by atoms with E-state index in [0.717, 1.165) is 5.69 Å². The van der Waals surface area contributed by atoms with E-state index >= 15 is 0 Å². The maximum atomic E-state index is 3.76. The molecule has 1 aliphatic heterocycles. The Bertz CT molecular complexity index is 1840. The van der Waals surface area contributed by atoms with E-state index in [-0.39, 0.29) is 16.2 Å². The van der Waals surface area contributed by atoms with Crippen molar-refractivity contribution in [1.29, 1.82) is 0 Å². The number of nitrogens with zero attached hydrogens (tertiary/aromatic N) is 1. The van der Waals surface area contributed by atoms with Crippen LogP contribution in [0.5, 0.6) is 0 Å². The molecule has 7 rings (SSSR count). The lowest BCUT2D eigenvalue weighted by molar-refractivity contribution is 0.581. The Morgan fingerprint density at radius 3 is 1.76 bits per heavy atom. The molecule has 5 aromatic carbocycles. The number of hydrogen-bond donors (Lipinski definition) is 1. The maximum absolute atomic E-state index is 3.76. The largest absolute Gasteiger partial charge is 0.355 e. The van der Waals surface area contributed by atoms with Gasteiger partial charge in [-0.2, -0.15) is 0 Å². The first-order valence-electron chi connectivity index (χ1n) is 15.1. The second-order valence-electron chi connectivity index (χ2n) is 14.1. The Hall–Kier alpha value is -4.30. The molecule has 1 N–H and O–H groups in total. The van der Waals surface area contributed by atoms with E-state index in [1.807, 2.05) is 0 Å². The third-order valence-corrected chi connectivity index (χ3v) is 9.60. The van der Waals surface area contributed by atoms with Crippen molar-refractivity contribution in [3.05, 3.63) is 137 Å². The number of anilines is 5. The van der Waals surface area contributed by atoms with Crippen LogP contribution in [0, 0.1) is 0 Å². The summed E-state index contributed by atoms with van der Waals surface area (Å²) in [6.45, 7) is 16.3. The van der Waals surface area contributed by atoms with E-state index in [9.17, 15) is 0 Å². The van der Waals surface area contributed by atoms with Gasteiger partial charge in [-0.3, -0.25) is 0 Å². The van der Waals surface area contributed by atoms with Crippen LogP contribution in [0.15, 0.2) is 109 Å². The smallest absolute Gasteiger partial charge is 0.0466 e. The highest BCUT2D eigenvalue weighted by Gasteiger charge is 2.37. The molecule has 0 saturated heterocycles. The van der Waals surface area contributed by atoms with Crippen molar-refractivity contribution < 1.29 is 0 Å². The summed E-state index contributed by atoms with van der Waals surface area (Å²) in [5, 5.41) is 3.76. The topological polar surface area (TPSA) is 15.3 Å². The van der Waals surface area contributed by atoms with E-state index in [4.69, 9.17) is 0 Å². The summed E-state index contributed by atoms with van der Waals surface area (Å²) in [4.78, 5) is 2.41. The van der Waals surface area contributed by atoms with Gasteiger partial charge in [0, 0.05) is 39.3 Å².